The highest BCUT2D eigenvalue weighted by Gasteiger charge is 2.69. The monoisotopic (exact) mass is 405 g/mol. The maximum absolute atomic E-state index is 13.1. The molecule has 0 aliphatic carbocycles. The van der Waals surface area contributed by atoms with Crippen LogP contribution in [0.3, 0.4) is 0 Å². The maximum Gasteiger partial charge on any atom is 0.250 e. The minimum Gasteiger partial charge on any atom is -0.324 e. The first kappa shape index (κ1) is 16.7. The Morgan fingerprint density at radius 2 is 2.00 bits per heavy atom. The van der Waals surface area contributed by atoms with E-state index in [1.165, 1.54) is 4.90 Å². The number of carbonyl (C=O) groups is 3. The number of nitrogens with zero attached hydrogens (tertiary/aromatic N) is 1. The highest BCUT2D eigenvalue weighted by Crippen LogP contribution is 2.53. The number of amides is 3. The molecular weight excluding hydrogens is 386 g/mol. The van der Waals surface area contributed by atoms with E-state index in [0.29, 0.717) is 12.2 Å². The van der Waals surface area contributed by atoms with Crippen LogP contribution in [0.1, 0.15) is 32.3 Å². The third-order valence-corrected chi connectivity index (χ3v) is 6.14. The number of carbonyl (C=O) groups excluding carboxylic acids is 3. The lowest BCUT2D eigenvalue weighted by atomic mass is 9.76. The molecule has 0 aromatic heterocycles. The molecule has 3 amide bonds. The summed E-state index contributed by atoms with van der Waals surface area (Å²) in [5.74, 6) is -1.83. The van der Waals surface area contributed by atoms with Crippen molar-refractivity contribution in [2.45, 2.75) is 38.3 Å². The number of likely N-dealkylation sites (tertiary alicyclic amines) is 1. The summed E-state index contributed by atoms with van der Waals surface area (Å²) in [6.45, 7) is 4.33. The first-order chi connectivity index (χ1) is 11.9. The van der Waals surface area contributed by atoms with E-state index in [2.05, 4.69) is 26.6 Å². The van der Waals surface area contributed by atoms with E-state index in [9.17, 15) is 14.4 Å². The Kier molecular flexibility index (Phi) is 3.77. The summed E-state index contributed by atoms with van der Waals surface area (Å²) in [5, 5.41) is 6.18. The fourth-order valence-electron chi connectivity index (χ4n) is 4.53. The molecule has 2 fully saturated rings. The van der Waals surface area contributed by atoms with Crippen LogP contribution in [0.4, 0.5) is 5.69 Å². The van der Waals surface area contributed by atoms with Crippen molar-refractivity contribution in [2.24, 2.45) is 11.8 Å². The van der Waals surface area contributed by atoms with Gasteiger partial charge in [-0.1, -0.05) is 29.3 Å². The molecule has 3 heterocycles. The van der Waals surface area contributed by atoms with Crippen LogP contribution in [-0.2, 0) is 19.9 Å². The first-order valence-electron chi connectivity index (χ1n) is 8.66. The van der Waals surface area contributed by atoms with Gasteiger partial charge in [-0.15, -0.1) is 0 Å². The van der Waals surface area contributed by atoms with Crippen molar-refractivity contribution in [3.63, 3.8) is 0 Å². The number of imide groups is 1. The second kappa shape index (κ2) is 5.64. The number of benzene rings is 1. The van der Waals surface area contributed by atoms with E-state index >= 15 is 0 Å². The van der Waals surface area contributed by atoms with Gasteiger partial charge in [0.2, 0.25) is 17.7 Å². The van der Waals surface area contributed by atoms with Crippen molar-refractivity contribution in [3.05, 3.63) is 28.2 Å². The summed E-state index contributed by atoms with van der Waals surface area (Å²) in [6, 6.07) is 5.29. The molecule has 7 heteroatoms. The van der Waals surface area contributed by atoms with Gasteiger partial charge in [0.15, 0.2) is 0 Å². The zero-order chi connectivity index (χ0) is 17.9. The minimum atomic E-state index is -1.17. The van der Waals surface area contributed by atoms with E-state index in [1.54, 1.807) is 0 Å². The number of fused-ring (bicyclic) bond motifs is 4. The van der Waals surface area contributed by atoms with E-state index in [4.69, 9.17) is 0 Å². The smallest absolute Gasteiger partial charge is 0.250 e. The number of unbranched alkanes of at least 4 members (excludes halogenated alkanes) is 1. The fourth-order valence-corrected chi connectivity index (χ4v) is 4.89. The molecule has 3 aliphatic rings. The molecule has 0 saturated carbocycles. The van der Waals surface area contributed by atoms with Crippen LogP contribution < -0.4 is 10.6 Å². The summed E-state index contributed by atoms with van der Waals surface area (Å²) in [7, 11) is 0. The number of hydrogen-bond acceptors (Lipinski definition) is 4. The topological polar surface area (TPSA) is 78.5 Å². The van der Waals surface area contributed by atoms with Gasteiger partial charge in [0, 0.05) is 28.3 Å². The summed E-state index contributed by atoms with van der Waals surface area (Å²) in [5.41, 5.74) is 0.266. The molecule has 2 unspecified atom stereocenters. The normalized spacial score (nSPS) is 33.2. The van der Waals surface area contributed by atoms with Crippen molar-refractivity contribution in [3.8, 4) is 0 Å². The van der Waals surface area contributed by atoms with Crippen molar-refractivity contribution in [2.75, 3.05) is 11.9 Å². The predicted molar refractivity (Wildman–Crippen MR) is 95.7 cm³/mol. The average molecular weight is 406 g/mol. The Balaban J connectivity index is 1.83. The lowest BCUT2D eigenvalue weighted by Gasteiger charge is -2.29. The molecule has 132 valence electrons. The molecule has 0 bridgehead atoms. The quantitative estimate of drug-likeness (QED) is 0.753. The lowest BCUT2D eigenvalue weighted by Crippen LogP contribution is -2.53. The van der Waals surface area contributed by atoms with E-state index in [-0.39, 0.29) is 23.8 Å². The maximum atomic E-state index is 13.1. The van der Waals surface area contributed by atoms with Gasteiger partial charge in [-0.25, -0.2) is 0 Å². The SMILES string of the molecule is CCCCN1C(=O)[C@@H]2C(C)NC3(C(=O)Nc4ccc(Br)cc43)[C@@H]2C1=O. The third-order valence-electron chi connectivity index (χ3n) is 5.65. The van der Waals surface area contributed by atoms with Crippen molar-refractivity contribution in [1.82, 2.24) is 10.2 Å². The average Bonchev–Trinajstić information content (AvgIpc) is 3.12. The Morgan fingerprint density at radius 3 is 2.72 bits per heavy atom. The number of anilines is 1. The largest absolute Gasteiger partial charge is 0.324 e. The van der Waals surface area contributed by atoms with Crippen LogP contribution in [0, 0.1) is 11.8 Å². The zero-order valence-electron chi connectivity index (χ0n) is 14.1. The second-order valence-electron chi connectivity index (χ2n) is 7.07. The van der Waals surface area contributed by atoms with Gasteiger partial charge in [0.1, 0.15) is 5.54 Å². The van der Waals surface area contributed by atoms with Crippen LogP contribution in [0.25, 0.3) is 0 Å². The van der Waals surface area contributed by atoms with Gasteiger partial charge in [-0.2, -0.15) is 0 Å². The zero-order valence-corrected chi connectivity index (χ0v) is 15.7. The van der Waals surface area contributed by atoms with Crippen LogP contribution in [0.15, 0.2) is 22.7 Å². The van der Waals surface area contributed by atoms with Gasteiger partial charge in [-0.05, 0) is 31.5 Å². The van der Waals surface area contributed by atoms with Gasteiger partial charge in [-0.3, -0.25) is 24.6 Å². The fraction of sp³-hybridized carbons (Fsp3) is 0.500. The van der Waals surface area contributed by atoms with Gasteiger partial charge in [0.05, 0.1) is 11.8 Å². The van der Waals surface area contributed by atoms with Crippen molar-refractivity contribution >= 4 is 39.3 Å². The van der Waals surface area contributed by atoms with Crippen LogP contribution in [0.5, 0.6) is 0 Å². The standard InChI is InChI=1S/C18H20BrN3O3/c1-3-4-7-22-15(23)13-9(2)21-18(14(13)16(22)24)11-8-10(19)5-6-12(11)20-17(18)25/h5-6,8-9,13-14,21H,3-4,7H2,1-2H3,(H,20,25)/t9?,13-,14+,18?/m1/s1. The first-order valence-corrected chi connectivity index (χ1v) is 9.45. The molecule has 25 heavy (non-hydrogen) atoms. The molecule has 4 rings (SSSR count). The minimum absolute atomic E-state index is 0.156. The lowest BCUT2D eigenvalue weighted by molar-refractivity contribution is -0.142. The predicted octanol–water partition coefficient (Wildman–Crippen LogP) is 1.99. The highest BCUT2D eigenvalue weighted by atomic mass is 79.9. The van der Waals surface area contributed by atoms with E-state index in [1.807, 2.05) is 32.0 Å². The van der Waals surface area contributed by atoms with Crippen LogP contribution >= 0.6 is 15.9 Å². The van der Waals surface area contributed by atoms with Crippen LogP contribution in [-0.4, -0.2) is 35.2 Å². The van der Waals surface area contributed by atoms with Gasteiger partial charge < -0.3 is 5.32 Å². The number of nitrogens with one attached hydrogen (secondary N) is 2. The van der Waals surface area contributed by atoms with E-state index in [0.717, 1.165) is 22.9 Å². The molecule has 1 aromatic rings. The summed E-state index contributed by atoms with van der Waals surface area (Å²) in [6.07, 6.45) is 1.68. The molecule has 0 radical (unpaired) electrons. The number of rotatable bonds is 3. The Labute approximate surface area is 154 Å². The Bertz CT molecular complexity index is 796. The third kappa shape index (κ3) is 2.08. The molecule has 1 spiro atoms. The Morgan fingerprint density at radius 1 is 1.24 bits per heavy atom. The van der Waals surface area contributed by atoms with Crippen LogP contribution in [0.2, 0.25) is 0 Å². The second-order valence-corrected chi connectivity index (χ2v) is 7.99. The molecule has 4 atom stereocenters. The molecule has 6 nitrogen and oxygen atoms in total. The number of hydrogen-bond donors (Lipinski definition) is 2. The van der Waals surface area contributed by atoms with E-state index < -0.39 is 17.4 Å². The molecule has 2 saturated heterocycles. The summed E-state index contributed by atoms with van der Waals surface area (Å²) >= 11 is 3.45. The van der Waals surface area contributed by atoms with Crippen molar-refractivity contribution < 1.29 is 14.4 Å². The summed E-state index contributed by atoms with van der Waals surface area (Å²) < 4.78 is 0.833. The molecule has 2 N–H and O–H groups in total. The van der Waals surface area contributed by atoms with Gasteiger partial charge >= 0.3 is 0 Å². The summed E-state index contributed by atoms with van der Waals surface area (Å²) in [4.78, 5) is 40.3. The molecule has 3 aliphatic heterocycles. The highest BCUT2D eigenvalue weighted by molar-refractivity contribution is 9.10. The van der Waals surface area contributed by atoms with Crippen molar-refractivity contribution in [1.29, 1.82) is 0 Å². The Hall–Kier alpha value is -1.73. The van der Waals surface area contributed by atoms with Gasteiger partial charge in [0.25, 0.3) is 0 Å². The molecular formula is C18H20BrN3O3. The number of halogens is 1. The molecule has 1 aromatic carbocycles.